The standard InChI is InChI=1S/C12H22N4O/c1-2-4-12-11(6-7-13)14-15-16(12)9-10-5-3-8-17-10/h10H,2-9,13H2,1H3. The molecule has 1 aliphatic rings. The number of ether oxygens (including phenoxy) is 1. The lowest BCUT2D eigenvalue weighted by Gasteiger charge is -2.11. The van der Waals surface area contributed by atoms with Crippen LogP contribution in [0.1, 0.15) is 37.6 Å². The molecule has 1 atom stereocenters. The van der Waals surface area contributed by atoms with Crippen LogP contribution < -0.4 is 5.73 Å². The van der Waals surface area contributed by atoms with E-state index in [-0.39, 0.29) is 0 Å². The molecular weight excluding hydrogens is 216 g/mol. The SMILES string of the molecule is CCCc1c(CCN)nnn1CC1CCCO1. The van der Waals surface area contributed by atoms with Gasteiger partial charge in [0, 0.05) is 13.0 Å². The van der Waals surface area contributed by atoms with E-state index in [0.717, 1.165) is 50.9 Å². The minimum absolute atomic E-state index is 0.318. The first kappa shape index (κ1) is 12.5. The second-order valence-electron chi connectivity index (χ2n) is 4.59. The summed E-state index contributed by atoms with van der Waals surface area (Å²) in [7, 11) is 0. The van der Waals surface area contributed by atoms with Crippen molar-refractivity contribution in [3.05, 3.63) is 11.4 Å². The molecule has 1 unspecified atom stereocenters. The third-order valence-corrected chi connectivity index (χ3v) is 3.19. The Morgan fingerprint density at radius 2 is 2.35 bits per heavy atom. The number of rotatable bonds is 6. The van der Waals surface area contributed by atoms with E-state index in [9.17, 15) is 0 Å². The molecule has 0 saturated carbocycles. The molecule has 5 heteroatoms. The van der Waals surface area contributed by atoms with E-state index in [1.807, 2.05) is 4.68 Å². The average Bonchev–Trinajstić information content (AvgIpc) is 2.94. The van der Waals surface area contributed by atoms with Crippen LogP contribution in [0.15, 0.2) is 0 Å². The smallest absolute Gasteiger partial charge is 0.0871 e. The minimum atomic E-state index is 0.318. The van der Waals surface area contributed by atoms with Gasteiger partial charge in [0.1, 0.15) is 0 Å². The average molecular weight is 238 g/mol. The normalized spacial score (nSPS) is 20.0. The lowest BCUT2D eigenvalue weighted by atomic mass is 10.1. The fraction of sp³-hybridized carbons (Fsp3) is 0.833. The lowest BCUT2D eigenvalue weighted by Crippen LogP contribution is -2.18. The van der Waals surface area contributed by atoms with E-state index in [2.05, 4.69) is 17.2 Å². The summed E-state index contributed by atoms with van der Waals surface area (Å²) in [5.74, 6) is 0. The minimum Gasteiger partial charge on any atom is -0.376 e. The van der Waals surface area contributed by atoms with E-state index in [0.29, 0.717) is 12.6 Å². The Hall–Kier alpha value is -0.940. The van der Waals surface area contributed by atoms with Crippen molar-refractivity contribution in [2.24, 2.45) is 5.73 Å². The predicted octanol–water partition coefficient (Wildman–Crippen LogP) is 0.911. The molecule has 0 spiro atoms. The van der Waals surface area contributed by atoms with Gasteiger partial charge < -0.3 is 10.5 Å². The molecule has 2 rings (SSSR count). The monoisotopic (exact) mass is 238 g/mol. The van der Waals surface area contributed by atoms with Crippen LogP contribution in [0.5, 0.6) is 0 Å². The molecule has 0 aromatic carbocycles. The van der Waals surface area contributed by atoms with Crippen molar-refractivity contribution in [3.63, 3.8) is 0 Å². The van der Waals surface area contributed by atoms with Crippen molar-refractivity contribution in [2.75, 3.05) is 13.2 Å². The van der Waals surface area contributed by atoms with Crippen LogP contribution in [0.25, 0.3) is 0 Å². The number of nitrogens with two attached hydrogens (primary N) is 1. The summed E-state index contributed by atoms with van der Waals surface area (Å²) in [6.07, 6.45) is 5.57. The summed E-state index contributed by atoms with van der Waals surface area (Å²) in [5, 5.41) is 8.49. The molecule has 2 N–H and O–H groups in total. The molecule has 1 aromatic rings. The van der Waals surface area contributed by atoms with Crippen molar-refractivity contribution >= 4 is 0 Å². The van der Waals surface area contributed by atoms with Gasteiger partial charge >= 0.3 is 0 Å². The van der Waals surface area contributed by atoms with Gasteiger partial charge in [-0.3, -0.25) is 0 Å². The highest BCUT2D eigenvalue weighted by Gasteiger charge is 2.19. The Kier molecular flexibility index (Phi) is 4.50. The largest absolute Gasteiger partial charge is 0.376 e. The molecule has 0 radical (unpaired) electrons. The third-order valence-electron chi connectivity index (χ3n) is 3.19. The fourth-order valence-electron chi connectivity index (χ4n) is 2.34. The second-order valence-corrected chi connectivity index (χ2v) is 4.59. The maximum atomic E-state index is 5.65. The fourth-order valence-corrected chi connectivity index (χ4v) is 2.34. The Morgan fingerprint density at radius 1 is 1.47 bits per heavy atom. The Bertz CT molecular complexity index is 344. The number of hydrogen-bond donors (Lipinski definition) is 1. The highest BCUT2D eigenvalue weighted by molar-refractivity contribution is 5.11. The summed E-state index contributed by atoms with van der Waals surface area (Å²) in [6.45, 7) is 4.54. The lowest BCUT2D eigenvalue weighted by molar-refractivity contribution is 0.0927. The van der Waals surface area contributed by atoms with Gasteiger partial charge in [0.2, 0.25) is 0 Å². The molecule has 0 bridgehead atoms. The summed E-state index contributed by atoms with van der Waals surface area (Å²) in [5.41, 5.74) is 7.90. The topological polar surface area (TPSA) is 66.0 Å². The van der Waals surface area contributed by atoms with Crippen LogP contribution in [0.4, 0.5) is 0 Å². The Labute approximate surface area is 102 Å². The van der Waals surface area contributed by atoms with E-state index in [1.54, 1.807) is 0 Å². The first-order valence-corrected chi connectivity index (χ1v) is 6.58. The van der Waals surface area contributed by atoms with E-state index < -0.39 is 0 Å². The Balaban J connectivity index is 2.08. The summed E-state index contributed by atoms with van der Waals surface area (Å²) < 4.78 is 7.66. The molecular formula is C12H22N4O. The van der Waals surface area contributed by atoms with Crippen molar-refractivity contribution in [1.29, 1.82) is 0 Å². The zero-order valence-electron chi connectivity index (χ0n) is 10.6. The summed E-state index contributed by atoms with van der Waals surface area (Å²) in [6, 6.07) is 0. The molecule has 0 aliphatic carbocycles. The molecule has 1 aromatic heterocycles. The molecule has 5 nitrogen and oxygen atoms in total. The zero-order chi connectivity index (χ0) is 12.1. The van der Waals surface area contributed by atoms with Crippen LogP contribution in [0.2, 0.25) is 0 Å². The van der Waals surface area contributed by atoms with Crippen molar-refractivity contribution in [1.82, 2.24) is 15.0 Å². The molecule has 1 aliphatic heterocycles. The van der Waals surface area contributed by atoms with Gasteiger partial charge in [-0.25, -0.2) is 4.68 Å². The summed E-state index contributed by atoms with van der Waals surface area (Å²) in [4.78, 5) is 0. The highest BCUT2D eigenvalue weighted by atomic mass is 16.5. The first-order chi connectivity index (χ1) is 8.35. The third kappa shape index (κ3) is 3.04. The van der Waals surface area contributed by atoms with Gasteiger partial charge in [-0.2, -0.15) is 0 Å². The molecule has 0 amide bonds. The molecule has 96 valence electrons. The molecule has 1 saturated heterocycles. The van der Waals surface area contributed by atoms with Gasteiger partial charge in [-0.05, 0) is 25.8 Å². The van der Waals surface area contributed by atoms with E-state index >= 15 is 0 Å². The van der Waals surface area contributed by atoms with Crippen molar-refractivity contribution in [2.45, 2.75) is 51.7 Å². The quantitative estimate of drug-likeness (QED) is 0.800. The predicted molar refractivity (Wildman–Crippen MR) is 65.7 cm³/mol. The number of aromatic nitrogens is 3. The van der Waals surface area contributed by atoms with Gasteiger partial charge in [0.15, 0.2) is 0 Å². The van der Waals surface area contributed by atoms with Crippen LogP contribution >= 0.6 is 0 Å². The Morgan fingerprint density at radius 3 is 3.00 bits per heavy atom. The van der Waals surface area contributed by atoms with E-state index in [4.69, 9.17) is 10.5 Å². The van der Waals surface area contributed by atoms with Crippen LogP contribution in [0, 0.1) is 0 Å². The summed E-state index contributed by atoms with van der Waals surface area (Å²) >= 11 is 0. The molecule has 2 heterocycles. The maximum Gasteiger partial charge on any atom is 0.0871 e. The van der Waals surface area contributed by atoms with Gasteiger partial charge in [-0.1, -0.05) is 18.6 Å². The van der Waals surface area contributed by atoms with Crippen molar-refractivity contribution < 1.29 is 4.74 Å². The van der Waals surface area contributed by atoms with Gasteiger partial charge in [0.05, 0.1) is 24.0 Å². The van der Waals surface area contributed by atoms with Crippen LogP contribution in [-0.2, 0) is 24.1 Å². The van der Waals surface area contributed by atoms with Crippen molar-refractivity contribution in [3.8, 4) is 0 Å². The van der Waals surface area contributed by atoms with Crippen LogP contribution in [-0.4, -0.2) is 34.2 Å². The van der Waals surface area contributed by atoms with E-state index in [1.165, 1.54) is 5.69 Å². The number of hydrogen-bond acceptors (Lipinski definition) is 4. The molecule has 1 fully saturated rings. The van der Waals surface area contributed by atoms with Gasteiger partial charge in [0.25, 0.3) is 0 Å². The second kappa shape index (κ2) is 6.12. The highest BCUT2D eigenvalue weighted by Crippen LogP contribution is 2.16. The van der Waals surface area contributed by atoms with Gasteiger partial charge in [-0.15, -0.1) is 5.10 Å². The maximum absolute atomic E-state index is 5.65. The number of nitrogens with zero attached hydrogens (tertiary/aromatic N) is 3. The zero-order valence-corrected chi connectivity index (χ0v) is 10.6. The first-order valence-electron chi connectivity index (χ1n) is 6.58. The molecule has 17 heavy (non-hydrogen) atoms. The van der Waals surface area contributed by atoms with Crippen LogP contribution in [0.3, 0.4) is 0 Å².